The molecule has 0 saturated carbocycles. The molecule has 29 heavy (non-hydrogen) atoms. The SMILES string of the molecule is Cc1ccc(OCC(=O)NC(c2ccccc2)c2ccc(C)cc2)cc1.O=CO. The Balaban J connectivity index is 0.000000941. The van der Waals surface area contributed by atoms with Gasteiger partial charge in [0.15, 0.2) is 6.61 Å². The van der Waals surface area contributed by atoms with Gasteiger partial charge in [-0.15, -0.1) is 0 Å². The largest absolute Gasteiger partial charge is 0.484 e. The van der Waals surface area contributed by atoms with Crippen LogP contribution in [0.2, 0.25) is 0 Å². The number of amides is 1. The van der Waals surface area contributed by atoms with Gasteiger partial charge in [0, 0.05) is 0 Å². The van der Waals surface area contributed by atoms with E-state index in [1.807, 2.05) is 73.7 Å². The maximum atomic E-state index is 12.5. The van der Waals surface area contributed by atoms with Gasteiger partial charge in [-0.05, 0) is 37.1 Å². The molecule has 0 aliphatic heterocycles. The van der Waals surface area contributed by atoms with Crippen molar-refractivity contribution in [2.75, 3.05) is 6.61 Å². The number of nitrogens with one attached hydrogen (secondary N) is 1. The molecule has 0 aliphatic carbocycles. The Morgan fingerprint density at radius 1 is 0.897 bits per heavy atom. The lowest BCUT2D eigenvalue weighted by Crippen LogP contribution is -2.33. The molecule has 0 bridgehead atoms. The summed E-state index contributed by atoms with van der Waals surface area (Å²) in [7, 11) is 0. The van der Waals surface area contributed by atoms with E-state index in [9.17, 15) is 4.79 Å². The van der Waals surface area contributed by atoms with Gasteiger partial charge in [0.1, 0.15) is 5.75 Å². The molecular formula is C24H25NO4. The number of ether oxygens (including phenoxy) is 1. The van der Waals surface area contributed by atoms with Crippen LogP contribution in [0, 0.1) is 13.8 Å². The number of carbonyl (C=O) groups is 2. The van der Waals surface area contributed by atoms with E-state index in [0.717, 1.165) is 16.7 Å². The van der Waals surface area contributed by atoms with Crippen LogP contribution in [0.25, 0.3) is 0 Å². The van der Waals surface area contributed by atoms with E-state index in [1.165, 1.54) is 5.56 Å². The Kier molecular flexibility index (Phi) is 8.45. The summed E-state index contributed by atoms with van der Waals surface area (Å²) in [5.41, 5.74) is 4.44. The average molecular weight is 391 g/mol. The van der Waals surface area contributed by atoms with Gasteiger partial charge in [0.05, 0.1) is 6.04 Å². The molecule has 5 nitrogen and oxygen atoms in total. The van der Waals surface area contributed by atoms with Crippen LogP contribution in [0.1, 0.15) is 28.3 Å². The molecule has 0 heterocycles. The van der Waals surface area contributed by atoms with Gasteiger partial charge in [-0.1, -0.05) is 77.9 Å². The number of hydrogen-bond acceptors (Lipinski definition) is 3. The standard InChI is InChI=1S/C23H23NO2.CH2O2/c1-17-8-12-20(13-9-17)23(19-6-4-3-5-7-19)24-22(25)16-26-21-14-10-18(2)11-15-21;2-1-3/h3-15,23H,16H2,1-2H3,(H,24,25);1H,(H,2,3). The third-order valence-electron chi connectivity index (χ3n) is 4.24. The maximum absolute atomic E-state index is 12.5. The van der Waals surface area contributed by atoms with Gasteiger partial charge >= 0.3 is 0 Å². The van der Waals surface area contributed by atoms with Crippen LogP contribution < -0.4 is 10.1 Å². The average Bonchev–Trinajstić information content (AvgIpc) is 2.74. The van der Waals surface area contributed by atoms with Crippen LogP contribution in [-0.2, 0) is 9.59 Å². The van der Waals surface area contributed by atoms with Crippen molar-refractivity contribution >= 4 is 12.4 Å². The lowest BCUT2D eigenvalue weighted by molar-refractivity contribution is -0.124. The quantitative estimate of drug-likeness (QED) is 0.615. The Morgan fingerprint density at radius 2 is 1.38 bits per heavy atom. The normalized spacial score (nSPS) is 10.8. The lowest BCUT2D eigenvalue weighted by atomic mass is 9.98. The van der Waals surface area contributed by atoms with E-state index in [-0.39, 0.29) is 25.0 Å². The van der Waals surface area contributed by atoms with Crippen molar-refractivity contribution in [2.24, 2.45) is 0 Å². The highest BCUT2D eigenvalue weighted by atomic mass is 16.5. The Bertz CT molecular complexity index is 890. The topological polar surface area (TPSA) is 75.6 Å². The summed E-state index contributed by atoms with van der Waals surface area (Å²) in [6.07, 6.45) is 0. The van der Waals surface area contributed by atoms with Crippen LogP contribution in [0.4, 0.5) is 0 Å². The second-order valence-electron chi connectivity index (χ2n) is 6.53. The van der Waals surface area contributed by atoms with Crippen molar-refractivity contribution in [3.05, 3.63) is 101 Å². The van der Waals surface area contributed by atoms with Crippen molar-refractivity contribution in [3.8, 4) is 5.75 Å². The van der Waals surface area contributed by atoms with Gasteiger partial charge in [-0.2, -0.15) is 0 Å². The van der Waals surface area contributed by atoms with Crippen LogP contribution in [-0.4, -0.2) is 24.1 Å². The molecule has 0 radical (unpaired) electrons. The first kappa shape index (κ1) is 21.7. The van der Waals surface area contributed by atoms with Gasteiger partial charge in [0.25, 0.3) is 12.4 Å². The summed E-state index contributed by atoms with van der Waals surface area (Å²) in [5.74, 6) is 0.539. The molecule has 0 spiro atoms. The molecule has 3 aromatic rings. The summed E-state index contributed by atoms with van der Waals surface area (Å²) in [6, 6.07) is 25.6. The van der Waals surface area contributed by atoms with Crippen molar-refractivity contribution in [2.45, 2.75) is 19.9 Å². The number of rotatable bonds is 6. The highest BCUT2D eigenvalue weighted by Crippen LogP contribution is 2.22. The molecule has 3 rings (SSSR count). The molecule has 0 aliphatic rings. The fourth-order valence-corrected chi connectivity index (χ4v) is 2.75. The van der Waals surface area contributed by atoms with Crippen molar-refractivity contribution in [3.63, 3.8) is 0 Å². The molecule has 1 amide bonds. The van der Waals surface area contributed by atoms with Crippen molar-refractivity contribution in [1.82, 2.24) is 5.32 Å². The maximum Gasteiger partial charge on any atom is 0.290 e. The third-order valence-corrected chi connectivity index (χ3v) is 4.24. The summed E-state index contributed by atoms with van der Waals surface area (Å²) >= 11 is 0. The molecular weight excluding hydrogens is 366 g/mol. The van der Waals surface area contributed by atoms with E-state index in [1.54, 1.807) is 0 Å². The molecule has 1 atom stereocenters. The second-order valence-corrected chi connectivity index (χ2v) is 6.53. The highest BCUT2D eigenvalue weighted by molar-refractivity contribution is 5.78. The Labute approximate surface area is 171 Å². The van der Waals surface area contributed by atoms with Gasteiger partial charge in [0.2, 0.25) is 0 Å². The van der Waals surface area contributed by atoms with E-state index in [0.29, 0.717) is 5.75 Å². The first-order valence-corrected chi connectivity index (χ1v) is 9.21. The first-order valence-electron chi connectivity index (χ1n) is 9.21. The minimum absolute atomic E-state index is 0.0156. The summed E-state index contributed by atoms with van der Waals surface area (Å²) in [4.78, 5) is 20.8. The predicted octanol–water partition coefficient (Wildman–Crippen LogP) is 4.29. The fourth-order valence-electron chi connectivity index (χ4n) is 2.75. The number of hydrogen-bond donors (Lipinski definition) is 2. The van der Waals surface area contributed by atoms with Gasteiger partial charge in [-0.3, -0.25) is 9.59 Å². The van der Waals surface area contributed by atoms with Crippen LogP contribution in [0.5, 0.6) is 5.75 Å². The number of carbonyl (C=O) groups excluding carboxylic acids is 1. The summed E-state index contributed by atoms with van der Waals surface area (Å²) in [5, 5.41) is 9.98. The minimum Gasteiger partial charge on any atom is -0.484 e. The molecule has 0 fully saturated rings. The van der Waals surface area contributed by atoms with Gasteiger partial charge in [-0.25, -0.2) is 0 Å². The fraction of sp³-hybridized carbons (Fsp3) is 0.167. The van der Waals surface area contributed by atoms with E-state index < -0.39 is 0 Å². The van der Waals surface area contributed by atoms with Crippen LogP contribution in [0.3, 0.4) is 0 Å². The Hall–Kier alpha value is -3.60. The molecule has 2 N–H and O–H groups in total. The zero-order valence-corrected chi connectivity index (χ0v) is 16.5. The molecule has 1 unspecified atom stereocenters. The summed E-state index contributed by atoms with van der Waals surface area (Å²) < 4.78 is 5.60. The van der Waals surface area contributed by atoms with E-state index in [2.05, 4.69) is 24.4 Å². The number of aryl methyl sites for hydroxylation is 2. The number of carboxylic acid groups (broad SMARTS) is 1. The van der Waals surface area contributed by atoms with Crippen LogP contribution in [0.15, 0.2) is 78.9 Å². The van der Waals surface area contributed by atoms with Gasteiger partial charge < -0.3 is 15.2 Å². The summed E-state index contributed by atoms with van der Waals surface area (Å²) in [6.45, 7) is 3.80. The zero-order chi connectivity index (χ0) is 21.1. The number of benzene rings is 3. The van der Waals surface area contributed by atoms with Crippen molar-refractivity contribution < 1.29 is 19.4 Å². The first-order chi connectivity index (χ1) is 14.0. The van der Waals surface area contributed by atoms with Crippen molar-refractivity contribution in [1.29, 1.82) is 0 Å². The third kappa shape index (κ3) is 7.14. The minimum atomic E-state index is -0.250. The molecule has 0 aromatic heterocycles. The smallest absolute Gasteiger partial charge is 0.290 e. The predicted molar refractivity (Wildman–Crippen MR) is 113 cm³/mol. The van der Waals surface area contributed by atoms with E-state index >= 15 is 0 Å². The molecule has 3 aromatic carbocycles. The van der Waals surface area contributed by atoms with Crippen LogP contribution >= 0.6 is 0 Å². The zero-order valence-electron chi connectivity index (χ0n) is 16.5. The Morgan fingerprint density at radius 3 is 1.93 bits per heavy atom. The molecule has 5 heteroatoms. The lowest BCUT2D eigenvalue weighted by Gasteiger charge is -2.20. The molecule has 0 saturated heterocycles. The molecule has 150 valence electrons. The second kappa shape index (κ2) is 11.3. The monoisotopic (exact) mass is 391 g/mol. The highest BCUT2D eigenvalue weighted by Gasteiger charge is 2.17. The van der Waals surface area contributed by atoms with E-state index in [4.69, 9.17) is 14.6 Å².